The Labute approximate surface area is 322 Å². The Morgan fingerprint density at radius 1 is 0.849 bits per heavy atom. The molecule has 4 aromatic carbocycles. The molecule has 1 fully saturated rings. The van der Waals surface area contributed by atoms with Crippen LogP contribution in [0.3, 0.4) is 0 Å². The minimum Gasteiger partial charge on any atom is -0.465 e. The molecular formula is C44H47Cl2N3O4. The summed E-state index contributed by atoms with van der Waals surface area (Å²) in [5, 5.41) is 1.05. The maximum absolute atomic E-state index is 14.2. The first-order valence-corrected chi connectivity index (χ1v) is 19.4. The number of carbonyl (C=O) groups excluding carboxylic acids is 3. The van der Waals surface area contributed by atoms with Crippen LogP contribution in [0.1, 0.15) is 106 Å². The number of ketones is 1. The number of Topliss-reactive ketones (excluding diaryl/α,β-unsaturated/α-hetero) is 1. The Balaban J connectivity index is 1.06. The Morgan fingerprint density at radius 3 is 2.36 bits per heavy atom. The lowest BCUT2D eigenvalue weighted by atomic mass is 9.89. The van der Waals surface area contributed by atoms with Crippen molar-refractivity contribution in [3.05, 3.63) is 135 Å². The predicted octanol–water partition coefficient (Wildman–Crippen LogP) is 10.7. The molecule has 0 radical (unpaired) electrons. The number of unbranched alkanes of at least 4 members (excludes halogenated alkanes) is 1. The number of amides is 1. The number of hydrogen-bond donors (Lipinski definition) is 0. The summed E-state index contributed by atoms with van der Waals surface area (Å²) in [5.41, 5.74) is 4.97. The second kappa shape index (κ2) is 18.0. The number of halogens is 2. The first-order chi connectivity index (χ1) is 25.7. The van der Waals surface area contributed by atoms with Crippen LogP contribution >= 0.6 is 23.2 Å². The van der Waals surface area contributed by atoms with Gasteiger partial charge < -0.3 is 14.2 Å². The normalized spacial score (nSPS) is 16.5. The zero-order valence-corrected chi connectivity index (χ0v) is 32.0. The zero-order valence-electron chi connectivity index (χ0n) is 30.5. The second-order valence-corrected chi connectivity index (χ2v) is 15.2. The van der Waals surface area contributed by atoms with E-state index in [4.69, 9.17) is 32.9 Å². The molecule has 3 unspecified atom stereocenters. The summed E-state index contributed by atoms with van der Waals surface area (Å²) in [6.07, 6.45) is 9.06. The molecule has 0 aliphatic heterocycles. The first kappa shape index (κ1) is 38.3. The highest BCUT2D eigenvalue weighted by molar-refractivity contribution is 6.42. The number of carbonyl (C=O) groups is 3. The van der Waals surface area contributed by atoms with Crippen molar-refractivity contribution in [1.82, 2.24) is 14.5 Å². The molecule has 1 amide bonds. The third-order valence-electron chi connectivity index (χ3n) is 10.7. The molecule has 1 heterocycles. The van der Waals surface area contributed by atoms with Crippen molar-refractivity contribution in [3.63, 3.8) is 0 Å². The van der Waals surface area contributed by atoms with Gasteiger partial charge >= 0.3 is 5.97 Å². The maximum atomic E-state index is 14.2. The Kier molecular flexibility index (Phi) is 13.0. The smallest absolute Gasteiger partial charge is 0.337 e. The number of methoxy groups -OCH3 is 1. The van der Waals surface area contributed by atoms with Crippen LogP contribution in [0.15, 0.2) is 97.1 Å². The third-order valence-corrected chi connectivity index (χ3v) is 11.5. The topological polar surface area (TPSA) is 81.5 Å². The quantitative estimate of drug-likeness (QED) is 0.0488. The number of para-hydroxylation sites is 2. The highest BCUT2D eigenvalue weighted by atomic mass is 35.5. The molecule has 0 N–H and O–H groups in total. The second-order valence-electron chi connectivity index (χ2n) is 14.3. The number of esters is 1. The van der Waals surface area contributed by atoms with Crippen molar-refractivity contribution in [2.24, 2.45) is 11.8 Å². The van der Waals surface area contributed by atoms with Gasteiger partial charge in [-0.1, -0.05) is 104 Å². The molecule has 53 heavy (non-hydrogen) atoms. The molecule has 6 rings (SSSR count). The number of ether oxygens (including phenoxy) is 1. The number of imidazole rings is 1. The summed E-state index contributed by atoms with van der Waals surface area (Å²) in [4.78, 5) is 46.0. The van der Waals surface area contributed by atoms with Gasteiger partial charge in [-0.2, -0.15) is 0 Å². The summed E-state index contributed by atoms with van der Waals surface area (Å²) in [7, 11) is 3.23. The number of likely N-dealkylation sites (N-methyl/N-ethyl adjacent to an activating group) is 1. The van der Waals surface area contributed by atoms with Gasteiger partial charge in [-0.25, -0.2) is 9.78 Å². The van der Waals surface area contributed by atoms with Crippen LogP contribution in [-0.4, -0.2) is 52.8 Å². The molecule has 1 aromatic heterocycles. The minimum atomic E-state index is -0.375. The molecule has 276 valence electrons. The highest BCUT2D eigenvalue weighted by Gasteiger charge is 2.29. The van der Waals surface area contributed by atoms with Gasteiger partial charge in [0.25, 0.3) is 5.91 Å². The van der Waals surface area contributed by atoms with Gasteiger partial charge in [0.05, 0.1) is 33.8 Å². The van der Waals surface area contributed by atoms with Crippen LogP contribution in [0.4, 0.5) is 0 Å². The third kappa shape index (κ3) is 9.56. The molecule has 9 heteroatoms. The molecule has 0 saturated heterocycles. The molecule has 3 atom stereocenters. The Hall–Kier alpha value is -4.46. The van der Waals surface area contributed by atoms with Crippen molar-refractivity contribution in [2.45, 2.75) is 70.3 Å². The van der Waals surface area contributed by atoms with E-state index in [1.165, 1.54) is 7.11 Å². The van der Waals surface area contributed by atoms with Crippen LogP contribution in [0.5, 0.6) is 0 Å². The average Bonchev–Trinajstić information content (AvgIpc) is 3.37. The van der Waals surface area contributed by atoms with Crippen molar-refractivity contribution in [1.29, 1.82) is 0 Å². The SMILES string of the molecule is COC(=O)c1ccc(Cn2c(C(=O)C3CCCC(CCCCC(CN(C)C(=O)c4ccccc4)c4ccc(Cl)c(Cl)c4)CC3)nc3ccccc32)cc1. The van der Waals surface area contributed by atoms with Crippen LogP contribution in [-0.2, 0) is 11.3 Å². The molecular weight excluding hydrogens is 705 g/mol. The summed E-state index contributed by atoms with van der Waals surface area (Å²) >= 11 is 12.7. The van der Waals surface area contributed by atoms with Crippen molar-refractivity contribution < 1.29 is 19.1 Å². The van der Waals surface area contributed by atoms with E-state index in [2.05, 4.69) is 0 Å². The minimum absolute atomic E-state index is 0.00285. The molecule has 1 aliphatic rings. The van der Waals surface area contributed by atoms with Gasteiger partial charge in [-0.15, -0.1) is 0 Å². The van der Waals surface area contributed by atoms with Crippen molar-refractivity contribution in [2.75, 3.05) is 20.7 Å². The molecule has 0 bridgehead atoms. The zero-order chi connectivity index (χ0) is 37.3. The van der Waals surface area contributed by atoms with E-state index in [-0.39, 0.29) is 29.5 Å². The van der Waals surface area contributed by atoms with E-state index in [9.17, 15) is 14.4 Å². The van der Waals surface area contributed by atoms with Crippen molar-refractivity contribution >= 4 is 51.9 Å². The van der Waals surface area contributed by atoms with Gasteiger partial charge in [0.15, 0.2) is 5.82 Å². The predicted molar refractivity (Wildman–Crippen MR) is 212 cm³/mol. The summed E-state index contributed by atoms with van der Waals surface area (Å²) in [6, 6.07) is 30.4. The largest absolute Gasteiger partial charge is 0.465 e. The van der Waals surface area contributed by atoms with Crippen LogP contribution in [0.2, 0.25) is 10.0 Å². The van der Waals surface area contributed by atoms with Crippen LogP contribution < -0.4 is 0 Å². The molecule has 5 aromatic rings. The maximum Gasteiger partial charge on any atom is 0.337 e. The lowest BCUT2D eigenvalue weighted by Crippen LogP contribution is -2.31. The standard InChI is InChI=1S/C44H47Cl2N3O4/c1-48(43(51)33-13-4-3-5-14-33)29-36(35-25-26-37(45)38(46)27-35)15-7-6-11-30-12-10-16-32(22-19-30)41(50)42-47-39-17-8-9-18-40(39)49(42)28-31-20-23-34(24-21-31)44(52)53-2/h3-5,8-9,13-14,17-18,20-21,23-27,30,32,36H,6-7,10-12,15-16,19,22,28-29H2,1-2H3. The molecule has 0 spiro atoms. The Bertz CT molecular complexity index is 2030. The van der Waals surface area contributed by atoms with Crippen LogP contribution in [0, 0.1) is 11.8 Å². The summed E-state index contributed by atoms with van der Waals surface area (Å²) in [6.45, 7) is 1.07. The number of nitrogens with zero attached hydrogens (tertiary/aromatic N) is 3. The van der Waals surface area contributed by atoms with E-state index in [0.29, 0.717) is 46.0 Å². The first-order valence-electron chi connectivity index (χ1n) is 18.6. The molecule has 1 saturated carbocycles. The van der Waals surface area contributed by atoms with E-state index in [1.54, 1.807) is 17.0 Å². The van der Waals surface area contributed by atoms with Gasteiger partial charge in [0.1, 0.15) is 0 Å². The summed E-state index contributed by atoms with van der Waals surface area (Å²) in [5.74, 6) is 0.897. The monoisotopic (exact) mass is 751 g/mol. The molecule has 1 aliphatic carbocycles. The fraction of sp³-hybridized carbons (Fsp3) is 0.364. The van der Waals surface area contributed by atoms with Gasteiger partial charge in [-0.3, -0.25) is 9.59 Å². The lowest BCUT2D eigenvalue weighted by molar-refractivity contribution is 0.0600. The fourth-order valence-corrected chi connectivity index (χ4v) is 8.06. The fourth-order valence-electron chi connectivity index (χ4n) is 7.75. The Morgan fingerprint density at radius 2 is 1.60 bits per heavy atom. The molecule has 7 nitrogen and oxygen atoms in total. The summed E-state index contributed by atoms with van der Waals surface area (Å²) < 4.78 is 6.88. The highest BCUT2D eigenvalue weighted by Crippen LogP contribution is 2.35. The van der Waals surface area contributed by atoms with E-state index in [1.807, 2.05) is 96.5 Å². The van der Waals surface area contributed by atoms with Gasteiger partial charge in [0.2, 0.25) is 5.78 Å². The van der Waals surface area contributed by atoms with Crippen molar-refractivity contribution in [3.8, 4) is 0 Å². The van der Waals surface area contributed by atoms with Gasteiger partial charge in [0, 0.05) is 37.5 Å². The van der Waals surface area contributed by atoms with E-state index in [0.717, 1.165) is 79.9 Å². The number of hydrogen-bond acceptors (Lipinski definition) is 5. The number of benzene rings is 4. The average molecular weight is 753 g/mol. The van der Waals surface area contributed by atoms with Gasteiger partial charge in [-0.05, 0) is 91.3 Å². The van der Waals surface area contributed by atoms with Crippen LogP contribution in [0.25, 0.3) is 11.0 Å². The number of fused-ring (bicyclic) bond motifs is 1. The number of rotatable bonds is 14. The van der Waals surface area contributed by atoms with E-state index >= 15 is 0 Å². The number of aromatic nitrogens is 2. The lowest BCUT2D eigenvalue weighted by Gasteiger charge is -2.25. The van der Waals surface area contributed by atoms with E-state index < -0.39 is 0 Å².